The lowest BCUT2D eigenvalue weighted by Crippen LogP contribution is -2.47. The third-order valence-corrected chi connectivity index (χ3v) is 30.0. The highest BCUT2D eigenvalue weighted by atomic mass is 16.7. The number of hydrogen-bond donors (Lipinski definition) is 0. The summed E-state index contributed by atoms with van der Waals surface area (Å²) in [7, 11) is 0. The van der Waals surface area contributed by atoms with E-state index in [9.17, 15) is 38.4 Å². The Morgan fingerprint density at radius 3 is 0.946 bits per heavy atom. The Hall–Kier alpha value is -4.72. The van der Waals surface area contributed by atoms with Crippen LogP contribution >= 0.6 is 0 Å². The van der Waals surface area contributed by atoms with Gasteiger partial charge in [-0.3, -0.25) is 38.4 Å². The molecule has 15 heterocycles. The second kappa shape index (κ2) is 29.4. The molecule has 15 saturated heterocycles. The standard InChI is InChI=1S/C27H38O9.C23H32O6.C19H24O8.C13H18O5.CH4/c1-2-27(12-31-24(28)15-3-6-18-21(9-15)34-18,13-32-25(29)16-4-7-19-22(10-16)35-19)14-33-26(30)17-5-8-20-23(11-17)36-20;1-9-11-5-13(19-17(11)28-19)15(9)21(24)26-7-23(3,4)8-27-22(25)16-10(2)12-6-14(16)20-18(12)29-20;1-19(2,5-22-17(20)7-3-9-13-15(26-13)11(7)24-9)6-23-18(21)8-4-10-14-16(27-14)12(8)25-10;1-2-13(4-15-5-13)6-16-12(14)7-3-8-10-11(18-10)9(7)17-8;/h15-23H,2-14H2,1H3;9-20H,5-8H2,1-4H3;7-16H,3-6H2,1-2H3;7-11H,2-6H2,1H3;1H4. The van der Waals surface area contributed by atoms with E-state index in [2.05, 4.69) is 20.8 Å². The fourth-order valence-corrected chi connectivity index (χ4v) is 22.2. The van der Waals surface area contributed by atoms with E-state index in [4.69, 9.17) is 94.7 Å². The highest BCUT2D eigenvalue weighted by Gasteiger charge is 2.72. The number of epoxide rings is 8. The monoisotopic (exact) mass is 1560 g/mol. The van der Waals surface area contributed by atoms with Crippen LogP contribution in [0.4, 0.5) is 0 Å². The summed E-state index contributed by atoms with van der Waals surface area (Å²) in [6.07, 6.45) is 16.6. The molecule has 22 fully saturated rings. The van der Waals surface area contributed by atoms with Crippen LogP contribution in [0.15, 0.2) is 0 Å². The van der Waals surface area contributed by atoms with Crippen molar-refractivity contribution in [1.82, 2.24) is 0 Å². The van der Waals surface area contributed by atoms with E-state index in [1.165, 1.54) is 0 Å². The smallest absolute Gasteiger partial charge is 0.311 e. The Morgan fingerprint density at radius 2 is 0.649 bits per heavy atom. The Morgan fingerprint density at radius 1 is 0.324 bits per heavy atom. The second-order valence-electron chi connectivity index (χ2n) is 38.7. The van der Waals surface area contributed by atoms with Crippen molar-refractivity contribution in [3.8, 4) is 0 Å². The van der Waals surface area contributed by atoms with Crippen molar-refractivity contribution in [2.24, 2.45) is 105 Å². The van der Waals surface area contributed by atoms with E-state index in [0.717, 1.165) is 64.2 Å². The molecule has 0 amide bonds. The molecule has 28 nitrogen and oxygen atoms in total. The van der Waals surface area contributed by atoms with Gasteiger partial charge in [0.15, 0.2) is 0 Å². The summed E-state index contributed by atoms with van der Waals surface area (Å²) in [6.45, 7) is 19.2. The van der Waals surface area contributed by atoms with Crippen molar-refractivity contribution < 1.29 is 133 Å². The van der Waals surface area contributed by atoms with Gasteiger partial charge in [-0.05, 0) is 126 Å². The Bertz CT molecular complexity index is 3350. The third-order valence-electron chi connectivity index (χ3n) is 30.0. The van der Waals surface area contributed by atoms with Crippen LogP contribution in [0.5, 0.6) is 0 Å². The molecule has 15 aliphatic heterocycles. The molecule has 0 aromatic heterocycles. The average molecular weight is 1560 g/mol. The van der Waals surface area contributed by atoms with Gasteiger partial charge in [0.1, 0.15) is 81.4 Å². The SMILES string of the molecule is C.CC(C)(COC(=O)C1CC2OC1C1OC21)COC(=O)C1CC2OC1C1OC21.CC1C2CC(C3OC23)C1C(=O)OCC(C)(C)COC(=O)C1C(C)C2CC1C1OC21.CCC(COC(=O)C1CCC2OC2C1)(COC(=O)C1CCC2OC2C1)COC(=O)C1CCC2OC2C1.CCC1(COC(=O)C2CC3OC2C2OC32)COC1. The van der Waals surface area contributed by atoms with E-state index < -0.39 is 16.2 Å². The van der Waals surface area contributed by atoms with Crippen LogP contribution in [0.1, 0.15) is 166 Å². The molecule has 0 radical (unpaired) electrons. The molecule has 22 aliphatic rings. The summed E-state index contributed by atoms with van der Waals surface area (Å²) in [5, 5.41) is 0. The molecular formula is C83H116O28. The minimum atomic E-state index is -0.783. The molecule has 7 aliphatic carbocycles. The fraction of sp³-hybridized carbons (Fsp3) is 0.904. The summed E-state index contributed by atoms with van der Waals surface area (Å²) in [5.41, 5.74) is -1.58. The van der Waals surface area contributed by atoms with Gasteiger partial charge in [0.25, 0.3) is 0 Å². The summed E-state index contributed by atoms with van der Waals surface area (Å²) >= 11 is 0. The van der Waals surface area contributed by atoms with Gasteiger partial charge in [-0.15, -0.1) is 0 Å². The minimum Gasteiger partial charge on any atom is -0.465 e. The molecule has 0 spiro atoms. The van der Waals surface area contributed by atoms with E-state index in [-0.39, 0.29) is 246 Å². The Balaban J connectivity index is 0.000000106. The van der Waals surface area contributed by atoms with Gasteiger partial charge in [0.2, 0.25) is 0 Å². The molecule has 0 N–H and O–H groups in total. The first-order chi connectivity index (χ1) is 52.8. The number of hydrogen-bond acceptors (Lipinski definition) is 28. The first-order valence-corrected chi connectivity index (χ1v) is 41.9. The average Bonchev–Trinajstić information content (AvgIpc) is 1.56. The van der Waals surface area contributed by atoms with Crippen molar-refractivity contribution in [3.05, 3.63) is 0 Å². The van der Waals surface area contributed by atoms with Gasteiger partial charge in [-0.2, -0.15) is 0 Å². The second-order valence-corrected chi connectivity index (χ2v) is 38.7. The molecular weight excluding hydrogens is 1440 g/mol. The van der Waals surface area contributed by atoms with Crippen LogP contribution in [0.2, 0.25) is 0 Å². The van der Waals surface area contributed by atoms with Crippen LogP contribution in [0.25, 0.3) is 0 Å². The summed E-state index contributed by atoms with van der Waals surface area (Å²) in [4.78, 5) is 101. The third kappa shape index (κ3) is 15.1. The van der Waals surface area contributed by atoms with E-state index in [1.807, 2.05) is 34.6 Å². The zero-order valence-corrected chi connectivity index (χ0v) is 64.6. The topological polar surface area (TPSA) is 348 Å². The van der Waals surface area contributed by atoms with Crippen molar-refractivity contribution in [1.29, 1.82) is 0 Å². The van der Waals surface area contributed by atoms with Crippen LogP contribution < -0.4 is 0 Å². The van der Waals surface area contributed by atoms with Gasteiger partial charge in [-0.1, -0.05) is 62.8 Å². The lowest BCUT2D eigenvalue weighted by molar-refractivity contribution is -0.175. The summed E-state index contributed by atoms with van der Waals surface area (Å²) in [6, 6.07) is 0. The predicted molar refractivity (Wildman–Crippen MR) is 378 cm³/mol. The highest BCUT2D eigenvalue weighted by molar-refractivity contribution is 5.78. The number of fused-ring (bicyclic) bond motifs is 28. The molecule has 36 unspecified atom stereocenters. The zero-order valence-electron chi connectivity index (χ0n) is 64.6. The van der Waals surface area contributed by atoms with Crippen molar-refractivity contribution in [2.45, 2.75) is 300 Å². The largest absolute Gasteiger partial charge is 0.465 e. The van der Waals surface area contributed by atoms with Gasteiger partial charge >= 0.3 is 47.8 Å². The first kappa shape index (κ1) is 77.5. The number of carbonyl (C=O) groups excluding carboxylic acids is 8. The maximum Gasteiger partial charge on any atom is 0.311 e. The van der Waals surface area contributed by atoms with E-state index in [1.54, 1.807) is 0 Å². The first-order valence-electron chi connectivity index (χ1n) is 41.9. The number of ether oxygens (including phenoxy) is 20. The highest BCUT2D eigenvalue weighted by Crippen LogP contribution is 2.64. The van der Waals surface area contributed by atoms with Crippen molar-refractivity contribution in [2.75, 3.05) is 66.1 Å². The molecule has 0 aromatic rings. The van der Waals surface area contributed by atoms with E-state index in [0.29, 0.717) is 137 Å². The predicted octanol–water partition coefficient (Wildman–Crippen LogP) is 6.51. The molecule has 111 heavy (non-hydrogen) atoms. The fourth-order valence-electron chi connectivity index (χ4n) is 22.2. The lowest BCUT2D eigenvalue weighted by Gasteiger charge is -2.40. The van der Waals surface area contributed by atoms with Crippen LogP contribution in [0.3, 0.4) is 0 Å². The maximum absolute atomic E-state index is 12.9. The lowest BCUT2D eigenvalue weighted by atomic mass is 9.80. The number of carbonyl (C=O) groups is 8. The van der Waals surface area contributed by atoms with Gasteiger partial charge < -0.3 is 94.7 Å². The molecule has 36 atom stereocenters. The normalized spacial score (nSPS) is 47.0. The van der Waals surface area contributed by atoms with E-state index >= 15 is 0 Å². The van der Waals surface area contributed by atoms with Crippen LogP contribution in [-0.2, 0) is 133 Å². The zero-order chi connectivity index (χ0) is 75.9. The number of esters is 8. The maximum atomic E-state index is 12.9. The Labute approximate surface area is 648 Å². The van der Waals surface area contributed by atoms with Gasteiger partial charge in [-0.25, -0.2) is 0 Å². The van der Waals surface area contributed by atoms with Crippen molar-refractivity contribution in [3.63, 3.8) is 0 Å². The van der Waals surface area contributed by atoms with Gasteiger partial charge in [0.05, 0.1) is 177 Å². The summed E-state index contributed by atoms with van der Waals surface area (Å²) < 4.78 is 112. The molecule has 28 heteroatoms. The Kier molecular flexibility index (Phi) is 20.5. The number of rotatable bonds is 26. The minimum absolute atomic E-state index is 0. The molecule has 22 rings (SSSR count). The molecule has 7 saturated carbocycles. The van der Waals surface area contributed by atoms with Crippen LogP contribution in [-0.4, -0.2) is 248 Å². The quantitative estimate of drug-likeness (QED) is 0.0506. The molecule has 0 aromatic carbocycles. The summed E-state index contributed by atoms with van der Waals surface area (Å²) in [5.74, 6) is -0.321. The van der Waals surface area contributed by atoms with Crippen LogP contribution in [0, 0.1) is 105 Å². The molecule has 10 bridgehead atoms. The molecule has 616 valence electrons. The van der Waals surface area contributed by atoms with Gasteiger partial charge in [0, 0.05) is 22.7 Å². The van der Waals surface area contributed by atoms with Crippen molar-refractivity contribution >= 4 is 47.8 Å².